The minimum atomic E-state index is -0.659. The Morgan fingerprint density at radius 1 is 1.24 bits per heavy atom. The van der Waals surface area contributed by atoms with Crippen molar-refractivity contribution >= 4 is 33.6 Å². The molecule has 0 saturated heterocycles. The summed E-state index contributed by atoms with van der Waals surface area (Å²) in [5.41, 5.74) is 0.491. The number of rotatable bonds is 7. The van der Waals surface area contributed by atoms with Gasteiger partial charge in [-0.05, 0) is 29.8 Å². The molecule has 0 aliphatic carbocycles. The zero-order valence-corrected chi connectivity index (χ0v) is 16.5. The van der Waals surface area contributed by atoms with Crippen LogP contribution in [-0.4, -0.2) is 43.5 Å². The molecule has 0 aliphatic heterocycles. The molecule has 0 bridgehead atoms. The largest absolute Gasteiger partial charge is 0.508 e. The second-order valence-corrected chi connectivity index (χ2v) is 7.00. The lowest BCUT2D eigenvalue weighted by Crippen LogP contribution is -2.09. The molecule has 0 saturated carbocycles. The average Bonchev–Trinajstić information content (AvgIpc) is 3.09. The number of Topliss-reactive ketones (excluding diaryl/α,β-unsaturated/α-hetero) is 1. The Morgan fingerprint density at radius 2 is 1.97 bits per heavy atom. The van der Waals surface area contributed by atoms with Crippen molar-refractivity contribution < 1.29 is 19.9 Å². The first kappa shape index (κ1) is 20.2. The molecule has 29 heavy (non-hydrogen) atoms. The number of phenolic OH excluding ortho intramolecular Hbond substituents is 2. The van der Waals surface area contributed by atoms with Crippen LogP contribution < -0.4 is 0 Å². The number of aromatic nitrogens is 2. The fraction of sp³-hybridized carbons (Fsp3) is 0.105. The summed E-state index contributed by atoms with van der Waals surface area (Å²) in [5, 5.41) is 34.3. The van der Waals surface area contributed by atoms with Crippen molar-refractivity contribution in [2.45, 2.75) is 6.54 Å². The Morgan fingerprint density at radius 3 is 2.62 bits per heavy atom. The van der Waals surface area contributed by atoms with E-state index in [9.17, 15) is 25.1 Å². The average molecular weight is 459 g/mol. The van der Waals surface area contributed by atoms with Crippen LogP contribution in [0.1, 0.15) is 21.6 Å². The molecule has 3 rings (SSSR count). The van der Waals surface area contributed by atoms with E-state index < -0.39 is 16.4 Å². The van der Waals surface area contributed by atoms with E-state index >= 15 is 0 Å². The van der Waals surface area contributed by atoms with Crippen LogP contribution in [0.25, 0.3) is 0 Å². The van der Waals surface area contributed by atoms with Crippen LogP contribution in [0.2, 0.25) is 0 Å². The van der Waals surface area contributed by atoms with Crippen LogP contribution in [0.5, 0.6) is 11.5 Å². The number of aliphatic imine (C=N–C) groups is 1. The van der Waals surface area contributed by atoms with E-state index in [-0.39, 0.29) is 30.3 Å². The smallest absolute Gasteiger partial charge is 0.318 e. The van der Waals surface area contributed by atoms with Gasteiger partial charge in [-0.15, -0.1) is 0 Å². The number of carbonyl (C=O) groups excluding carboxylic acids is 1. The second kappa shape index (κ2) is 8.65. The molecule has 0 spiro atoms. The maximum Gasteiger partial charge on any atom is 0.318 e. The number of carbonyl (C=O) groups is 1. The van der Waals surface area contributed by atoms with E-state index in [2.05, 4.69) is 26.0 Å². The molecular formula is C19H15BrN4O5. The highest BCUT2D eigenvalue weighted by molar-refractivity contribution is 9.10. The number of aromatic hydroxyl groups is 2. The third-order valence-corrected chi connectivity index (χ3v) is 4.47. The fourth-order valence-corrected chi connectivity index (χ4v) is 2.81. The highest BCUT2D eigenvalue weighted by Gasteiger charge is 2.25. The van der Waals surface area contributed by atoms with E-state index in [1.807, 2.05) is 24.3 Å². The lowest BCUT2D eigenvalue weighted by molar-refractivity contribution is -0.385. The number of benzene rings is 2. The highest BCUT2D eigenvalue weighted by Crippen LogP contribution is 2.21. The van der Waals surface area contributed by atoms with Gasteiger partial charge in [-0.1, -0.05) is 28.1 Å². The van der Waals surface area contributed by atoms with Gasteiger partial charge in [0.25, 0.3) is 0 Å². The lowest BCUT2D eigenvalue weighted by Gasteiger charge is -2.01. The number of ketones is 1. The Bertz CT molecular complexity index is 1090. The third kappa shape index (κ3) is 5.05. The maximum atomic E-state index is 12.4. The summed E-state index contributed by atoms with van der Waals surface area (Å²) in [6.07, 6.45) is 2.46. The van der Waals surface area contributed by atoms with Crippen LogP contribution in [-0.2, 0) is 6.54 Å². The van der Waals surface area contributed by atoms with Crippen molar-refractivity contribution in [3.63, 3.8) is 0 Å². The lowest BCUT2D eigenvalue weighted by atomic mass is 10.2. The summed E-state index contributed by atoms with van der Waals surface area (Å²) in [7, 11) is 0. The Hall–Kier alpha value is -3.53. The van der Waals surface area contributed by atoms with Crippen LogP contribution >= 0.6 is 15.9 Å². The van der Waals surface area contributed by atoms with Crippen LogP contribution in [0.4, 0.5) is 5.69 Å². The summed E-state index contributed by atoms with van der Waals surface area (Å²) in [5.74, 6) is -0.936. The Kier molecular flexibility index (Phi) is 6.03. The number of halogens is 1. The summed E-state index contributed by atoms with van der Waals surface area (Å²) < 4.78 is 2.24. The van der Waals surface area contributed by atoms with Gasteiger partial charge in [0.15, 0.2) is 0 Å². The number of hydrogen-bond donors (Lipinski definition) is 2. The molecule has 2 N–H and O–H groups in total. The molecule has 148 valence electrons. The minimum absolute atomic E-state index is 0.109. The molecule has 9 nitrogen and oxygen atoms in total. The minimum Gasteiger partial charge on any atom is -0.508 e. The molecule has 0 radical (unpaired) electrons. The van der Waals surface area contributed by atoms with Crippen molar-refractivity contribution in [1.29, 1.82) is 0 Å². The van der Waals surface area contributed by atoms with Crippen molar-refractivity contribution in [2.75, 3.05) is 6.54 Å². The van der Waals surface area contributed by atoms with Crippen molar-refractivity contribution in [1.82, 2.24) is 9.78 Å². The van der Waals surface area contributed by atoms with E-state index in [1.165, 1.54) is 29.2 Å². The molecule has 0 amide bonds. The van der Waals surface area contributed by atoms with Crippen LogP contribution in [0, 0.1) is 10.1 Å². The molecular weight excluding hydrogens is 444 g/mol. The predicted octanol–water partition coefficient (Wildman–Crippen LogP) is 3.32. The van der Waals surface area contributed by atoms with Gasteiger partial charge in [-0.3, -0.25) is 24.6 Å². The number of nitro groups is 1. The van der Waals surface area contributed by atoms with Gasteiger partial charge in [0, 0.05) is 22.3 Å². The summed E-state index contributed by atoms with van der Waals surface area (Å²) in [6, 6.07) is 11.3. The van der Waals surface area contributed by atoms with Crippen LogP contribution in [0.15, 0.2) is 58.1 Å². The number of nitrogens with zero attached hydrogens (tertiary/aromatic N) is 4. The standard InChI is InChI=1S/C19H15BrN4O5/c20-14-4-1-12(2-5-14)10-23-11-16(24(28)29)19(22-23)18(27)9-21-8-13-3-6-15(25)7-17(13)26/h1-8,11,25-26H,9-10H2. The molecule has 0 atom stereocenters. The number of hydrogen-bond acceptors (Lipinski definition) is 7. The topological polar surface area (TPSA) is 131 Å². The first-order chi connectivity index (χ1) is 13.8. The fourth-order valence-electron chi connectivity index (χ4n) is 2.54. The molecule has 0 aliphatic rings. The molecule has 0 fully saturated rings. The van der Waals surface area contributed by atoms with E-state index in [1.54, 1.807) is 0 Å². The zero-order chi connectivity index (χ0) is 21.0. The molecule has 1 aromatic heterocycles. The first-order valence-corrected chi connectivity index (χ1v) is 9.14. The van der Waals surface area contributed by atoms with E-state index in [0.717, 1.165) is 16.1 Å². The van der Waals surface area contributed by atoms with Gasteiger partial charge in [-0.25, -0.2) is 0 Å². The van der Waals surface area contributed by atoms with Gasteiger partial charge < -0.3 is 10.2 Å². The normalized spacial score (nSPS) is 11.1. The molecule has 0 unspecified atom stereocenters. The van der Waals surface area contributed by atoms with E-state index in [0.29, 0.717) is 5.56 Å². The summed E-state index contributed by atoms with van der Waals surface area (Å²) >= 11 is 3.34. The van der Waals surface area contributed by atoms with Gasteiger partial charge in [-0.2, -0.15) is 5.10 Å². The molecule has 1 heterocycles. The van der Waals surface area contributed by atoms with Crippen LogP contribution in [0.3, 0.4) is 0 Å². The zero-order valence-electron chi connectivity index (χ0n) is 14.9. The van der Waals surface area contributed by atoms with Gasteiger partial charge in [0.05, 0.1) is 11.5 Å². The van der Waals surface area contributed by atoms with Crippen molar-refractivity contribution in [2.24, 2.45) is 4.99 Å². The number of phenols is 2. The van der Waals surface area contributed by atoms with Crippen molar-refractivity contribution in [3.8, 4) is 11.5 Å². The predicted molar refractivity (Wildman–Crippen MR) is 109 cm³/mol. The van der Waals surface area contributed by atoms with Gasteiger partial charge in [0.1, 0.15) is 24.2 Å². The highest BCUT2D eigenvalue weighted by atomic mass is 79.9. The second-order valence-electron chi connectivity index (χ2n) is 6.08. The monoisotopic (exact) mass is 458 g/mol. The van der Waals surface area contributed by atoms with Gasteiger partial charge in [0.2, 0.25) is 11.5 Å². The summed E-state index contributed by atoms with van der Waals surface area (Å²) in [6.45, 7) is -0.109. The third-order valence-electron chi connectivity index (χ3n) is 3.94. The van der Waals surface area contributed by atoms with Gasteiger partial charge >= 0.3 is 5.69 Å². The van der Waals surface area contributed by atoms with E-state index in [4.69, 9.17) is 0 Å². The Balaban J connectivity index is 1.76. The van der Waals surface area contributed by atoms with Crippen molar-refractivity contribution in [3.05, 3.63) is 80.1 Å². The molecule has 3 aromatic rings. The first-order valence-electron chi connectivity index (χ1n) is 8.35. The molecule has 2 aromatic carbocycles. The quantitative estimate of drug-likeness (QED) is 0.241. The Labute approximate surface area is 173 Å². The molecule has 10 heteroatoms. The summed E-state index contributed by atoms with van der Waals surface area (Å²) in [4.78, 5) is 27.0. The maximum absolute atomic E-state index is 12.4. The SMILES string of the molecule is O=C(CN=Cc1ccc(O)cc1O)c1nn(Cc2ccc(Br)cc2)cc1[N+](=O)[O-].